The molecule has 0 radical (unpaired) electrons. The molecule has 0 aromatic heterocycles. The van der Waals surface area contributed by atoms with Gasteiger partial charge in [-0.25, -0.2) is 0 Å². The van der Waals surface area contributed by atoms with E-state index < -0.39 is 12.3 Å². The number of alkyl halides is 3. The van der Waals surface area contributed by atoms with Crippen LogP contribution in [0, 0.1) is 0 Å². The first kappa shape index (κ1) is 11.8. The summed E-state index contributed by atoms with van der Waals surface area (Å²) >= 11 is 0. The molecule has 0 N–H and O–H groups in total. The van der Waals surface area contributed by atoms with E-state index in [-0.39, 0.29) is 18.7 Å². The van der Waals surface area contributed by atoms with Gasteiger partial charge in [-0.05, 0) is 20.8 Å². The van der Waals surface area contributed by atoms with Crippen molar-refractivity contribution in [2.45, 2.75) is 45.2 Å². The Morgan fingerprint density at radius 1 is 1.29 bits per heavy atom. The van der Waals surface area contributed by atoms with Gasteiger partial charge in [0.15, 0.2) is 6.10 Å². The Morgan fingerprint density at radius 3 is 2.29 bits per heavy atom. The van der Waals surface area contributed by atoms with Crippen LogP contribution in [0.15, 0.2) is 0 Å². The third kappa shape index (κ3) is 2.85. The highest BCUT2D eigenvalue weighted by atomic mass is 19.4. The van der Waals surface area contributed by atoms with Crippen molar-refractivity contribution in [1.82, 2.24) is 4.90 Å². The molecule has 2 unspecified atom stereocenters. The Hall–Kier alpha value is -0.290. The molecule has 1 heterocycles. The fraction of sp³-hybridized carbons (Fsp3) is 1.00. The number of rotatable bonds is 1. The van der Waals surface area contributed by atoms with Crippen molar-refractivity contribution in [3.8, 4) is 0 Å². The summed E-state index contributed by atoms with van der Waals surface area (Å²) in [5.74, 6) is 0. The molecule has 5 heteroatoms. The Balaban J connectivity index is 2.63. The summed E-state index contributed by atoms with van der Waals surface area (Å²) in [6.07, 6.45) is -6.23. The van der Waals surface area contributed by atoms with Gasteiger partial charge < -0.3 is 4.74 Å². The molecule has 14 heavy (non-hydrogen) atoms. The smallest absolute Gasteiger partial charge is 0.363 e. The molecule has 1 aliphatic heterocycles. The van der Waals surface area contributed by atoms with Crippen molar-refractivity contribution < 1.29 is 17.9 Å². The molecule has 84 valence electrons. The van der Waals surface area contributed by atoms with E-state index in [2.05, 4.69) is 0 Å². The number of hydrogen-bond acceptors (Lipinski definition) is 2. The van der Waals surface area contributed by atoms with E-state index in [1.807, 2.05) is 13.8 Å². The number of morpholine rings is 1. The second-order valence-electron chi connectivity index (χ2n) is 4.02. The average Bonchev–Trinajstić information content (AvgIpc) is 2.01. The fourth-order valence-corrected chi connectivity index (χ4v) is 1.59. The van der Waals surface area contributed by atoms with Gasteiger partial charge in [-0.15, -0.1) is 0 Å². The minimum atomic E-state index is -4.25. The SMILES string of the molecule is CC1CN(C(C)C)CC(C(F)(F)F)O1. The highest BCUT2D eigenvalue weighted by molar-refractivity contribution is 4.81. The van der Waals surface area contributed by atoms with Gasteiger partial charge in [-0.2, -0.15) is 13.2 Å². The predicted molar refractivity (Wildman–Crippen MR) is 47.1 cm³/mol. The Kier molecular flexibility index (Phi) is 3.42. The van der Waals surface area contributed by atoms with Crippen LogP contribution in [0.1, 0.15) is 20.8 Å². The van der Waals surface area contributed by atoms with E-state index in [1.165, 1.54) is 0 Å². The van der Waals surface area contributed by atoms with E-state index in [9.17, 15) is 13.2 Å². The van der Waals surface area contributed by atoms with Gasteiger partial charge in [-0.1, -0.05) is 0 Å². The van der Waals surface area contributed by atoms with Crippen LogP contribution in [0.5, 0.6) is 0 Å². The molecule has 0 bridgehead atoms. The molecular formula is C9H16F3NO. The van der Waals surface area contributed by atoms with Gasteiger partial charge in [-0.3, -0.25) is 4.90 Å². The lowest BCUT2D eigenvalue weighted by Gasteiger charge is -2.39. The zero-order valence-corrected chi connectivity index (χ0v) is 8.64. The van der Waals surface area contributed by atoms with Crippen LogP contribution in [-0.2, 0) is 4.74 Å². The van der Waals surface area contributed by atoms with E-state index in [0.29, 0.717) is 6.54 Å². The summed E-state index contributed by atoms with van der Waals surface area (Å²) in [4.78, 5) is 1.80. The molecule has 0 spiro atoms. The Morgan fingerprint density at radius 2 is 1.86 bits per heavy atom. The lowest BCUT2D eigenvalue weighted by molar-refractivity contribution is -0.253. The molecule has 0 aromatic carbocycles. The largest absolute Gasteiger partial charge is 0.415 e. The number of halogens is 3. The van der Waals surface area contributed by atoms with Crippen molar-refractivity contribution in [3.05, 3.63) is 0 Å². The number of hydrogen-bond donors (Lipinski definition) is 0. The first-order valence-corrected chi connectivity index (χ1v) is 4.77. The van der Waals surface area contributed by atoms with E-state index in [1.54, 1.807) is 11.8 Å². The van der Waals surface area contributed by atoms with E-state index >= 15 is 0 Å². The van der Waals surface area contributed by atoms with Crippen LogP contribution in [0.2, 0.25) is 0 Å². The fourth-order valence-electron chi connectivity index (χ4n) is 1.59. The van der Waals surface area contributed by atoms with Crippen LogP contribution >= 0.6 is 0 Å². The highest BCUT2D eigenvalue weighted by Gasteiger charge is 2.45. The lowest BCUT2D eigenvalue weighted by atomic mass is 10.2. The van der Waals surface area contributed by atoms with Gasteiger partial charge in [0.05, 0.1) is 6.10 Å². The Bertz CT molecular complexity index is 193. The molecule has 0 aliphatic carbocycles. The standard InChI is InChI=1S/C9H16F3NO/c1-6(2)13-4-7(3)14-8(5-13)9(10,11)12/h6-8H,4-5H2,1-3H3. The molecule has 0 saturated carbocycles. The monoisotopic (exact) mass is 211 g/mol. The van der Waals surface area contributed by atoms with E-state index in [0.717, 1.165) is 0 Å². The van der Waals surface area contributed by atoms with Gasteiger partial charge in [0.1, 0.15) is 0 Å². The van der Waals surface area contributed by atoms with Crippen molar-refractivity contribution in [1.29, 1.82) is 0 Å². The summed E-state index contributed by atoms with van der Waals surface area (Å²) in [5.41, 5.74) is 0. The van der Waals surface area contributed by atoms with Crippen LogP contribution in [0.25, 0.3) is 0 Å². The maximum Gasteiger partial charge on any atom is 0.415 e. The summed E-state index contributed by atoms with van der Waals surface area (Å²) in [5, 5.41) is 0. The maximum absolute atomic E-state index is 12.4. The van der Waals surface area contributed by atoms with Gasteiger partial charge in [0.2, 0.25) is 0 Å². The third-order valence-corrected chi connectivity index (χ3v) is 2.38. The average molecular weight is 211 g/mol. The minimum absolute atomic E-state index is 0.0501. The van der Waals surface area contributed by atoms with Crippen LogP contribution in [0.4, 0.5) is 13.2 Å². The lowest BCUT2D eigenvalue weighted by Crippen LogP contribution is -2.54. The zero-order chi connectivity index (χ0) is 10.9. The van der Waals surface area contributed by atoms with Crippen molar-refractivity contribution in [2.75, 3.05) is 13.1 Å². The second-order valence-corrected chi connectivity index (χ2v) is 4.02. The molecule has 2 atom stereocenters. The molecule has 0 aromatic rings. The molecule has 1 aliphatic rings. The first-order valence-electron chi connectivity index (χ1n) is 4.77. The zero-order valence-electron chi connectivity index (χ0n) is 8.64. The number of ether oxygens (including phenoxy) is 1. The normalized spacial score (nSPS) is 31.1. The summed E-state index contributed by atoms with van der Waals surface area (Å²) in [7, 11) is 0. The maximum atomic E-state index is 12.4. The summed E-state index contributed by atoms with van der Waals surface area (Å²) < 4.78 is 42.1. The Labute approximate surface area is 82.0 Å². The van der Waals surface area contributed by atoms with Crippen molar-refractivity contribution in [2.24, 2.45) is 0 Å². The van der Waals surface area contributed by atoms with Crippen molar-refractivity contribution in [3.63, 3.8) is 0 Å². The first-order chi connectivity index (χ1) is 6.30. The summed E-state index contributed by atoms with van der Waals surface area (Å²) in [6.45, 7) is 5.99. The minimum Gasteiger partial charge on any atom is -0.363 e. The molecular weight excluding hydrogens is 195 g/mol. The van der Waals surface area contributed by atoms with Crippen LogP contribution in [0.3, 0.4) is 0 Å². The molecule has 1 saturated heterocycles. The van der Waals surface area contributed by atoms with Crippen molar-refractivity contribution >= 4 is 0 Å². The second kappa shape index (κ2) is 4.06. The van der Waals surface area contributed by atoms with Gasteiger partial charge >= 0.3 is 6.18 Å². The number of nitrogens with zero attached hydrogens (tertiary/aromatic N) is 1. The highest BCUT2D eigenvalue weighted by Crippen LogP contribution is 2.28. The molecule has 1 rings (SSSR count). The predicted octanol–water partition coefficient (Wildman–Crippen LogP) is 2.05. The van der Waals surface area contributed by atoms with E-state index in [4.69, 9.17) is 4.74 Å². The third-order valence-electron chi connectivity index (χ3n) is 2.38. The van der Waals surface area contributed by atoms with Gasteiger partial charge in [0.25, 0.3) is 0 Å². The molecule has 1 fully saturated rings. The molecule has 0 amide bonds. The topological polar surface area (TPSA) is 12.5 Å². The summed E-state index contributed by atoms with van der Waals surface area (Å²) in [6, 6.07) is 0.131. The quantitative estimate of drug-likeness (QED) is 0.658. The van der Waals surface area contributed by atoms with Crippen LogP contribution < -0.4 is 0 Å². The molecule has 2 nitrogen and oxygen atoms in total. The van der Waals surface area contributed by atoms with Gasteiger partial charge in [0, 0.05) is 19.1 Å². The van der Waals surface area contributed by atoms with Crippen LogP contribution in [-0.4, -0.2) is 42.4 Å².